The third kappa shape index (κ3) is 3.18. The molecule has 0 radical (unpaired) electrons. The number of carbonyl (C=O) groups is 1. The Hall–Kier alpha value is -1.73. The fourth-order valence-electron chi connectivity index (χ4n) is 2.20. The van der Waals surface area contributed by atoms with Crippen molar-refractivity contribution >= 4 is 5.91 Å². The molecule has 7 heteroatoms. The molecule has 0 spiro atoms. The van der Waals surface area contributed by atoms with E-state index in [1.54, 1.807) is 4.90 Å². The molecule has 7 nitrogen and oxygen atoms in total. The van der Waals surface area contributed by atoms with Crippen LogP contribution in [-0.2, 0) is 4.74 Å². The molecule has 1 aromatic heterocycles. The summed E-state index contributed by atoms with van der Waals surface area (Å²) in [6.07, 6.45) is -0.185. The summed E-state index contributed by atoms with van der Waals surface area (Å²) in [7, 11) is 0. The maximum Gasteiger partial charge on any atom is 0.274 e. The molecule has 1 amide bonds. The van der Waals surface area contributed by atoms with Crippen LogP contribution >= 0.6 is 0 Å². The highest BCUT2D eigenvalue weighted by Gasteiger charge is 2.35. The minimum absolute atomic E-state index is 0.185. The Morgan fingerprint density at radius 1 is 1.63 bits per heavy atom. The molecule has 2 heterocycles. The average Bonchev–Trinajstić information content (AvgIpc) is 2.37. The number of aromatic amines is 1. The Labute approximate surface area is 110 Å². The Morgan fingerprint density at radius 2 is 2.37 bits per heavy atom. The minimum atomic E-state index is -0.444. The van der Waals surface area contributed by atoms with E-state index in [1.807, 2.05) is 13.8 Å². The number of H-pyrrole nitrogens is 1. The van der Waals surface area contributed by atoms with Crippen molar-refractivity contribution in [3.8, 4) is 0 Å². The number of ether oxygens (including phenoxy) is 1. The predicted molar refractivity (Wildman–Crippen MR) is 68.8 cm³/mol. The maximum absolute atomic E-state index is 12.3. The molecule has 1 aliphatic rings. The summed E-state index contributed by atoms with van der Waals surface area (Å²) in [5, 5.41) is 6.01. The highest BCUT2D eigenvalue weighted by molar-refractivity contribution is 5.92. The zero-order valence-electron chi connectivity index (χ0n) is 11.0. The van der Waals surface area contributed by atoms with Crippen LogP contribution in [0.2, 0.25) is 0 Å². The second-order valence-corrected chi connectivity index (χ2v) is 5.23. The molecule has 1 aromatic rings. The van der Waals surface area contributed by atoms with Gasteiger partial charge in [0.1, 0.15) is 5.69 Å². The van der Waals surface area contributed by atoms with Gasteiger partial charge in [0, 0.05) is 25.7 Å². The standard InChI is InChI=1S/C12H18N4O3/c1-12(2)7-16(6-8(5-13)19-12)11(18)9-3-4-10(17)15-14-9/h3-4,8H,5-7,13H2,1-2H3,(H,15,17). The van der Waals surface area contributed by atoms with Crippen molar-refractivity contribution < 1.29 is 9.53 Å². The first-order valence-corrected chi connectivity index (χ1v) is 6.14. The number of nitrogens with two attached hydrogens (primary N) is 1. The molecule has 104 valence electrons. The number of nitrogens with zero attached hydrogens (tertiary/aromatic N) is 2. The number of nitrogens with one attached hydrogen (secondary N) is 1. The summed E-state index contributed by atoms with van der Waals surface area (Å²) in [6, 6.07) is 2.70. The molecule has 19 heavy (non-hydrogen) atoms. The van der Waals surface area contributed by atoms with E-state index in [1.165, 1.54) is 12.1 Å². The van der Waals surface area contributed by atoms with Crippen LogP contribution in [0.25, 0.3) is 0 Å². The van der Waals surface area contributed by atoms with Crippen LogP contribution < -0.4 is 11.3 Å². The van der Waals surface area contributed by atoms with Gasteiger partial charge in [-0.1, -0.05) is 0 Å². The first kappa shape index (κ1) is 13.7. The molecule has 3 N–H and O–H groups in total. The van der Waals surface area contributed by atoms with Crippen LogP contribution in [0, 0.1) is 0 Å². The molecule has 0 bridgehead atoms. The lowest BCUT2D eigenvalue weighted by atomic mass is 10.0. The summed E-state index contributed by atoms with van der Waals surface area (Å²) in [5.41, 5.74) is 5.06. The van der Waals surface area contributed by atoms with Gasteiger partial charge < -0.3 is 15.4 Å². The minimum Gasteiger partial charge on any atom is -0.367 e. The molecule has 1 atom stereocenters. The molecule has 1 aliphatic heterocycles. The monoisotopic (exact) mass is 266 g/mol. The van der Waals surface area contributed by atoms with Crippen molar-refractivity contribution in [3.63, 3.8) is 0 Å². The van der Waals surface area contributed by atoms with Gasteiger partial charge in [-0.25, -0.2) is 5.10 Å². The first-order valence-electron chi connectivity index (χ1n) is 6.14. The normalized spacial score (nSPS) is 22.3. The van der Waals surface area contributed by atoms with Crippen LogP contribution in [0.15, 0.2) is 16.9 Å². The topological polar surface area (TPSA) is 101 Å². The predicted octanol–water partition coefficient (Wildman–Crippen LogP) is -0.652. The van der Waals surface area contributed by atoms with Crippen molar-refractivity contribution in [3.05, 3.63) is 28.2 Å². The Balaban J connectivity index is 2.18. The van der Waals surface area contributed by atoms with Crippen molar-refractivity contribution in [2.45, 2.75) is 25.6 Å². The second kappa shape index (κ2) is 5.10. The van der Waals surface area contributed by atoms with Crippen LogP contribution in [0.5, 0.6) is 0 Å². The molecule has 0 aromatic carbocycles. The summed E-state index contributed by atoms with van der Waals surface area (Å²) in [6.45, 7) is 5.07. The molecule has 2 rings (SSSR count). The number of carbonyl (C=O) groups excluding carboxylic acids is 1. The highest BCUT2D eigenvalue weighted by Crippen LogP contribution is 2.21. The smallest absolute Gasteiger partial charge is 0.274 e. The van der Waals surface area contributed by atoms with Gasteiger partial charge in [0.05, 0.1) is 11.7 Å². The number of hydrogen-bond acceptors (Lipinski definition) is 5. The van der Waals surface area contributed by atoms with Crippen LogP contribution in [-0.4, -0.2) is 52.3 Å². The quantitative estimate of drug-likeness (QED) is 0.740. The van der Waals surface area contributed by atoms with Crippen LogP contribution in [0.4, 0.5) is 0 Å². The average molecular weight is 266 g/mol. The van der Waals surface area contributed by atoms with E-state index in [4.69, 9.17) is 10.5 Å². The van der Waals surface area contributed by atoms with E-state index in [-0.39, 0.29) is 23.3 Å². The van der Waals surface area contributed by atoms with Gasteiger partial charge in [0.2, 0.25) is 0 Å². The zero-order chi connectivity index (χ0) is 14.0. The lowest BCUT2D eigenvalue weighted by Gasteiger charge is -2.42. The van der Waals surface area contributed by atoms with E-state index in [2.05, 4.69) is 10.2 Å². The van der Waals surface area contributed by atoms with Crippen LogP contribution in [0.1, 0.15) is 24.3 Å². The zero-order valence-corrected chi connectivity index (χ0v) is 11.0. The third-order valence-corrected chi connectivity index (χ3v) is 2.93. The van der Waals surface area contributed by atoms with Gasteiger partial charge in [0.25, 0.3) is 11.5 Å². The van der Waals surface area contributed by atoms with Gasteiger partial charge in [-0.2, -0.15) is 5.10 Å². The van der Waals surface area contributed by atoms with E-state index in [0.29, 0.717) is 19.6 Å². The first-order chi connectivity index (χ1) is 8.91. The Bertz CT molecular complexity index is 505. The van der Waals surface area contributed by atoms with Gasteiger partial charge in [-0.05, 0) is 19.9 Å². The molecule has 1 saturated heterocycles. The van der Waals surface area contributed by atoms with Crippen molar-refractivity contribution in [1.82, 2.24) is 15.1 Å². The molecular weight excluding hydrogens is 248 g/mol. The van der Waals surface area contributed by atoms with Gasteiger partial charge in [-0.3, -0.25) is 9.59 Å². The van der Waals surface area contributed by atoms with Crippen LogP contribution in [0.3, 0.4) is 0 Å². The Morgan fingerprint density at radius 3 is 2.95 bits per heavy atom. The summed E-state index contributed by atoms with van der Waals surface area (Å²) >= 11 is 0. The van der Waals surface area contributed by atoms with Crippen molar-refractivity contribution in [2.24, 2.45) is 5.73 Å². The molecule has 0 saturated carbocycles. The lowest BCUT2D eigenvalue weighted by Crippen LogP contribution is -2.56. The number of morpholine rings is 1. The number of rotatable bonds is 2. The largest absolute Gasteiger partial charge is 0.367 e. The van der Waals surface area contributed by atoms with E-state index in [0.717, 1.165) is 0 Å². The Kier molecular flexibility index (Phi) is 3.68. The van der Waals surface area contributed by atoms with Gasteiger partial charge in [0.15, 0.2) is 0 Å². The second-order valence-electron chi connectivity index (χ2n) is 5.23. The van der Waals surface area contributed by atoms with Gasteiger partial charge >= 0.3 is 0 Å². The van der Waals surface area contributed by atoms with Gasteiger partial charge in [-0.15, -0.1) is 0 Å². The highest BCUT2D eigenvalue weighted by atomic mass is 16.5. The van der Waals surface area contributed by atoms with E-state index in [9.17, 15) is 9.59 Å². The van der Waals surface area contributed by atoms with E-state index < -0.39 is 5.60 Å². The lowest BCUT2D eigenvalue weighted by molar-refractivity contribution is -0.122. The molecule has 1 unspecified atom stereocenters. The maximum atomic E-state index is 12.3. The summed E-state index contributed by atoms with van der Waals surface area (Å²) in [4.78, 5) is 24.9. The fraction of sp³-hybridized carbons (Fsp3) is 0.583. The third-order valence-electron chi connectivity index (χ3n) is 2.93. The summed E-state index contributed by atoms with van der Waals surface area (Å²) in [5.74, 6) is -0.230. The fourth-order valence-corrected chi connectivity index (χ4v) is 2.20. The molecule has 0 aliphatic carbocycles. The number of amides is 1. The van der Waals surface area contributed by atoms with Crippen molar-refractivity contribution in [1.29, 1.82) is 0 Å². The number of hydrogen-bond donors (Lipinski definition) is 2. The summed E-state index contributed by atoms with van der Waals surface area (Å²) < 4.78 is 5.76. The SMILES string of the molecule is CC1(C)CN(C(=O)c2ccc(=O)[nH]n2)CC(CN)O1. The molecule has 1 fully saturated rings. The van der Waals surface area contributed by atoms with Crippen molar-refractivity contribution in [2.75, 3.05) is 19.6 Å². The van der Waals surface area contributed by atoms with E-state index >= 15 is 0 Å². The molecular formula is C12H18N4O3. The number of aromatic nitrogens is 2.